The second kappa shape index (κ2) is 7.15. The first kappa shape index (κ1) is 15.8. The van der Waals surface area contributed by atoms with Gasteiger partial charge < -0.3 is 0 Å². The topological polar surface area (TPSA) is 51.2 Å². The van der Waals surface area contributed by atoms with E-state index in [1.165, 1.54) is 6.08 Å². The van der Waals surface area contributed by atoms with E-state index in [-0.39, 0.29) is 48.4 Å². The summed E-state index contributed by atoms with van der Waals surface area (Å²) in [5, 5.41) is 0. The van der Waals surface area contributed by atoms with Crippen LogP contribution >= 0.6 is 0 Å². The molecule has 0 aliphatic carbocycles. The van der Waals surface area contributed by atoms with Gasteiger partial charge in [-0.1, -0.05) is 26.8 Å². The van der Waals surface area contributed by atoms with Crippen LogP contribution in [0.25, 0.3) is 0 Å². The Balaban J connectivity index is 3.89. The summed E-state index contributed by atoms with van der Waals surface area (Å²) in [6.07, 6.45) is 4.14. The number of allylic oxidation sites excluding steroid dienone is 2. The third-order valence-corrected chi connectivity index (χ3v) is 2.47. The van der Waals surface area contributed by atoms with Crippen molar-refractivity contribution in [3.05, 3.63) is 12.2 Å². The summed E-state index contributed by atoms with van der Waals surface area (Å²) in [5.74, 6) is 0.0362. The maximum Gasteiger partial charge on any atom is 0.155 e. The van der Waals surface area contributed by atoms with E-state index < -0.39 is 0 Å². The molecule has 0 N–H and O–H groups in total. The molecule has 0 saturated carbocycles. The molecule has 0 heterocycles. The number of carbonyl (C=O) groups is 3. The van der Waals surface area contributed by atoms with Gasteiger partial charge in [0, 0.05) is 31.1 Å². The van der Waals surface area contributed by atoms with Crippen molar-refractivity contribution in [3.8, 4) is 0 Å². The molecule has 3 nitrogen and oxygen atoms in total. The second-order valence-corrected chi connectivity index (χ2v) is 5.18. The van der Waals surface area contributed by atoms with E-state index in [0.717, 1.165) is 0 Å². The predicted molar refractivity (Wildman–Crippen MR) is 67.8 cm³/mol. The monoisotopic (exact) mass is 238 g/mol. The van der Waals surface area contributed by atoms with Gasteiger partial charge in [0.1, 0.15) is 11.6 Å². The smallest absolute Gasteiger partial charge is 0.155 e. The van der Waals surface area contributed by atoms with Crippen molar-refractivity contribution in [2.45, 2.75) is 53.4 Å². The molecule has 17 heavy (non-hydrogen) atoms. The molecule has 0 fully saturated rings. The number of Topliss-reactive ketones (excluding diaryl/α,β-unsaturated/α-hetero) is 2. The van der Waals surface area contributed by atoms with Crippen molar-refractivity contribution in [1.82, 2.24) is 0 Å². The molecular weight excluding hydrogens is 216 g/mol. The van der Waals surface area contributed by atoms with Gasteiger partial charge in [0.2, 0.25) is 0 Å². The van der Waals surface area contributed by atoms with Gasteiger partial charge in [0.15, 0.2) is 5.78 Å². The molecule has 0 atom stereocenters. The van der Waals surface area contributed by atoms with Gasteiger partial charge in [-0.3, -0.25) is 14.4 Å². The summed E-state index contributed by atoms with van der Waals surface area (Å²) in [7, 11) is 0. The van der Waals surface area contributed by atoms with Crippen LogP contribution in [0.15, 0.2) is 12.2 Å². The number of hydrogen-bond donors (Lipinski definition) is 0. The van der Waals surface area contributed by atoms with Gasteiger partial charge in [0.25, 0.3) is 0 Å². The summed E-state index contributed by atoms with van der Waals surface area (Å²) in [6.45, 7) is 7.29. The largest absolute Gasteiger partial charge is 0.300 e. The zero-order valence-electron chi connectivity index (χ0n) is 11.2. The van der Waals surface area contributed by atoms with E-state index in [1.54, 1.807) is 13.0 Å². The van der Waals surface area contributed by atoms with Crippen LogP contribution in [0.2, 0.25) is 0 Å². The molecule has 0 spiro atoms. The van der Waals surface area contributed by atoms with Gasteiger partial charge in [-0.15, -0.1) is 0 Å². The molecule has 0 aliphatic rings. The Kier molecular flexibility index (Phi) is 6.62. The van der Waals surface area contributed by atoms with Crippen molar-refractivity contribution in [1.29, 1.82) is 0 Å². The minimum atomic E-state index is -0.388. The summed E-state index contributed by atoms with van der Waals surface area (Å²) in [4.78, 5) is 34.2. The van der Waals surface area contributed by atoms with Gasteiger partial charge in [-0.2, -0.15) is 0 Å². The summed E-state index contributed by atoms with van der Waals surface area (Å²) < 4.78 is 0. The van der Waals surface area contributed by atoms with Gasteiger partial charge in [-0.25, -0.2) is 0 Å². The lowest BCUT2D eigenvalue weighted by atomic mass is 9.87. The standard InChI is InChI=1S/C14H22O3/c1-5-6-11(15)7-8-12(16)9-10-13(17)14(2,3)4/h5-6H,7-10H2,1-4H3/b6-5+. The van der Waals surface area contributed by atoms with E-state index in [0.29, 0.717) is 0 Å². The lowest BCUT2D eigenvalue weighted by Gasteiger charge is -2.15. The molecule has 0 unspecified atom stereocenters. The number of ketones is 3. The van der Waals surface area contributed by atoms with E-state index in [9.17, 15) is 14.4 Å². The highest BCUT2D eigenvalue weighted by molar-refractivity contribution is 5.94. The van der Waals surface area contributed by atoms with Crippen LogP contribution in [0.4, 0.5) is 0 Å². The van der Waals surface area contributed by atoms with Crippen LogP contribution in [0.3, 0.4) is 0 Å². The third-order valence-electron chi connectivity index (χ3n) is 2.47. The molecule has 3 heteroatoms. The lowest BCUT2D eigenvalue weighted by molar-refractivity contribution is -0.129. The Morgan fingerprint density at radius 3 is 1.94 bits per heavy atom. The van der Waals surface area contributed by atoms with Crippen molar-refractivity contribution in [3.63, 3.8) is 0 Å². The van der Waals surface area contributed by atoms with Crippen molar-refractivity contribution in [2.24, 2.45) is 5.41 Å². The zero-order valence-corrected chi connectivity index (χ0v) is 11.2. The molecule has 0 amide bonds. The first-order valence-corrected chi connectivity index (χ1v) is 5.98. The minimum Gasteiger partial charge on any atom is -0.300 e. The Bertz CT molecular complexity index is 319. The number of rotatable bonds is 7. The van der Waals surface area contributed by atoms with Crippen LogP contribution in [-0.2, 0) is 14.4 Å². The van der Waals surface area contributed by atoms with E-state index in [4.69, 9.17) is 0 Å². The number of hydrogen-bond acceptors (Lipinski definition) is 3. The molecule has 0 aliphatic heterocycles. The molecule has 0 aromatic rings. The summed E-state index contributed by atoms with van der Waals surface area (Å²) in [6, 6.07) is 0. The quantitative estimate of drug-likeness (QED) is 0.641. The predicted octanol–water partition coefficient (Wildman–Crippen LogP) is 2.88. The van der Waals surface area contributed by atoms with Crippen LogP contribution in [-0.4, -0.2) is 17.3 Å². The summed E-state index contributed by atoms with van der Waals surface area (Å²) in [5.41, 5.74) is -0.388. The van der Waals surface area contributed by atoms with Crippen molar-refractivity contribution >= 4 is 17.3 Å². The maximum atomic E-state index is 11.6. The highest BCUT2D eigenvalue weighted by Gasteiger charge is 2.21. The Labute approximate surface area is 103 Å². The van der Waals surface area contributed by atoms with Crippen molar-refractivity contribution < 1.29 is 14.4 Å². The average molecular weight is 238 g/mol. The Morgan fingerprint density at radius 2 is 1.47 bits per heavy atom. The highest BCUT2D eigenvalue weighted by Crippen LogP contribution is 2.18. The second-order valence-electron chi connectivity index (χ2n) is 5.18. The van der Waals surface area contributed by atoms with Crippen molar-refractivity contribution in [2.75, 3.05) is 0 Å². The van der Waals surface area contributed by atoms with Gasteiger partial charge >= 0.3 is 0 Å². The third kappa shape index (κ3) is 7.61. The lowest BCUT2D eigenvalue weighted by Crippen LogP contribution is -2.20. The molecular formula is C14H22O3. The van der Waals surface area contributed by atoms with Crippen LogP contribution in [0, 0.1) is 5.41 Å². The average Bonchev–Trinajstić information content (AvgIpc) is 2.22. The van der Waals surface area contributed by atoms with Crippen LogP contribution < -0.4 is 0 Å². The molecule has 0 aromatic heterocycles. The summed E-state index contributed by atoms with van der Waals surface area (Å²) >= 11 is 0. The molecule has 0 rings (SSSR count). The number of carbonyl (C=O) groups excluding carboxylic acids is 3. The normalized spacial score (nSPS) is 11.8. The fourth-order valence-electron chi connectivity index (χ4n) is 1.28. The van der Waals surface area contributed by atoms with Gasteiger partial charge in [0.05, 0.1) is 0 Å². The molecule has 0 aromatic carbocycles. The molecule has 96 valence electrons. The minimum absolute atomic E-state index is 0.0135. The fraction of sp³-hybridized carbons (Fsp3) is 0.643. The first-order chi connectivity index (χ1) is 7.77. The molecule has 0 saturated heterocycles. The molecule has 0 radical (unpaired) electrons. The van der Waals surface area contributed by atoms with E-state index in [2.05, 4.69) is 0 Å². The van der Waals surface area contributed by atoms with Gasteiger partial charge in [-0.05, 0) is 13.0 Å². The highest BCUT2D eigenvalue weighted by atomic mass is 16.1. The van der Waals surface area contributed by atoms with E-state index >= 15 is 0 Å². The Hall–Kier alpha value is -1.25. The Morgan fingerprint density at radius 1 is 0.941 bits per heavy atom. The van der Waals surface area contributed by atoms with E-state index in [1.807, 2.05) is 20.8 Å². The SMILES string of the molecule is C/C=C/C(=O)CCC(=O)CCC(=O)C(C)(C)C. The van der Waals surface area contributed by atoms with Crippen LogP contribution in [0.1, 0.15) is 53.4 Å². The fourth-order valence-corrected chi connectivity index (χ4v) is 1.28. The zero-order chi connectivity index (χ0) is 13.5. The molecule has 0 bridgehead atoms. The van der Waals surface area contributed by atoms with Crippen LogP contribution in [0.5, 0.6) is 0 Å². The first-order valence-electron chi connectivity index (χ1n) is 5.98. The maximum absolute atomic E-state index is 11.6.